The number of aromatic nitrogens is 4. The molecule has 0 fully saturated rings. The van der Waals surface area contributed by atoms with Crippen molar-refractivity contribution >= 4 is 22.8 Å². The molecule has 0 radical (unpaired) electrons. The van der Waals surface area contributed by atoms with Crippen LogP contribution in [-0.2, 0) is 13.1 Å². The predicted octanol–water partition coefficient (Wildman–Crippen LogP) is 3.20. The molecule has 0 aliphatic carbocycles. The van der Waals surface area contributed by atoms with Crippen molar-refractivity contribution in [3.63, 3.8) is 0 Å². The van der Waals surface area contributed by atoms with Crippen LogP contribution < -0.4 is 0 Å². The van der Waals surface area contributed by atoms with E-state index in [0.29, 0.717) is 0 Å². The zero-order valence-corrected chi connectivity index (χ0v) is 14.9. The molecule has 2 heterocycles. The van der Waals surface area contributed by atoms with Gasteiger partial charge in [-0.05, 0) is 48.7 Å². The van der Waals surface area contributed by atoms with Crippen LogP contribution in [0.15, 0.2) is 0 Å². The molecule has 0 amide bonds. The third-order valence-corrected chi connectivity index (χ3v) is 4.43. The van der Waals surface area contributed by atoms with Crippen LogP contribution in [-0.4, -0.2) is 43.9 Å². The van der Waals surface area contributed by atoms with Crippen LogP contribution in [0.4, 0.5) is 0 Å². The number of fused-ring (bicyclic) bond motifs is 1. The Morgan fingerprint density at radius 1 is 1.33 bits per heavy atom. The van der Waals surface area contributed by atoms with Gasteiger partial charge >= 0.3 is 0 Å². The molecule has 0 saturated carbocycles. The van der Waals surface area contributed by atoms with Crippen LogP contribution in [0.1, 0.15) is 44.6 Å². The monoisotopic (exact) mass is 311 g/mol. The van der Waals surface area contributed by atoms with E-state index in [9.17, 15) is 0 Å². The van der Waals surface area contributed by atoms with Crippen LogP contribution in [0.3, 0.4) is 0 Å². The largest absolute Gasteiger partial charge is 0.310 e. The lowest BCUT2D eigenvalue weighted by Crippen LogP contribution is -2.42. The Bertz CT molecular complexity index is 636. The molecule has 118 valence electrons. The summed E-state index contributed by atoms with van der Waals surface area (Å²) in [6.45, 7) is 12.2. The summed E-state index contributed by atoms with van der Waals surface area (Å²) in [5, 5.41) is 4.46. The maximum absolute atomic E-state index is 6.37. The highest BCUT2D eigenvalue weighted by Crippen LogP contribution is 2.28. The lowest BCUT2D eigenvalue weighted by Gasteiger charge is -2.33. The fourth-order valence-electron chi connectivity index (χ4n) is 2.45. The Hall–Kier alpha value is -1.07. The Morgan fingerprint density at radius 3 is 2.43 bits per heavy atom. The van der Waals surface area contributed by atoms with E-state index in [1.54, 1.807) is 0 Å². The van der Waals surface area contributed by atoms with Crippen molar-refractivity contribution in [2.45, 2.75) is 58.6 Å². The summed E-state index contributed by atoms with van der Waals surface area (Å²) in [5.74, 6) is 0.921. The number of imidazole rings is 1. The molecule has 0 aliphatic heterocycles. The summed E-state index contributed by atoms with van der Waals surface area (Å²) in [6.07, 6.45) is 0. The van der Waals surface area contributed by atoms with E-state index in [1.165, 1.54) is 0 Å². The summed E-state index contributed by atoms with van der Waals surface area (Å²) >= 11 is 6.37. The van der Waals surface area contributed by atoms with Crippen molar-refractivity contribution in [1.29, 1.82) is 0 Å². The maximum atomic E-state index is 6.37. The lowest BCUT2D eigenvalue weighted by atomic mass is 10.0. The number of aryl methyl sites for hydroxylation is 2. The topological polar surface area (TPSA) is 38.9 Å². The molecule has 1 atom stereocenters. The molecule has 0 aromatic carbocycles. The van der Waals surface area contributed by atoms with Crippen molar-refractivity contribution < 1.29 is 0 Å². The molecule has 0 aliphatic rings. The van der Waals surface area contributed by atoms with Crippen LogP contribution in [0.2, 0.25) is 0 Å². The van der Waals surface area contributed by atoms with E-state index in [-0.39, 0.29) is 10.9 Å². The van der Waals surface area contributed by atoms with Gasteiger partial charge in [-0.3, -0.25) is 0 Å². The fourth-order valence-corrected chi connectivity index (χ4v) is 2.62. The number of likely N-dealkylation sites (N-methyl/N-ethyl adjacent to an activating group) is 1. The molecule has 0 bridgehead atoms. The Kier molecular flexibility index (Phi) is 4.36. The summed E-state index contributed by atoms with van der Waals surface area (Å²) in [6, 6.07) is 0. The standard InChI is InChI=1S/C15H26ClN5/c1-8-21-14-12(11(3)18-21)17-13(10(2)16)20(14)9-15(4,5)19(6)7/h10H,8-9H2,1-7H3. The highest BCUT2D eigenvalue weighted by Gasteiger charge is 2.27. The second-order valence-electron chi connectivity index (χ2n) is 6.45. The van der Waals surface area contributed by atoms with E-state index < -0.39 is 0 Å². The molecule has 0 saturated heterocycles. The van der Waals surface area contributed by atoms with Crippen molar-refractivity contribution in [1.82, 2.24) is 24.2 Å². The van der Waals surface area contributed by atoms with Gasteiger partial charge in [0.2, 0.25) is 0 Å². The Morgan fingerprint density at radius 2 is 1.95 bits per heavy atom. The van der Waals surface area contributed by atoms with Gasteiger partial charge < -0.3 is 9.47 Å². The lowest BCUT2D eigenvalue weighted by molar-refractivity contribution is 0.169. The molecule has 2 rings (SSSR count). The molecule has 21 heavy (non-hydrogen) atoms. The molecule has 0 spiro atoms. The van der Waals surface area contributed by atoms with Gasteiger partial charge in [0, 0.05) is 18.6 Å². The molecular weight excluding hydrogens is 286 g/mol. The minimum absolute atomic E-state index is 0.00487. The highest BCUT2D eigenvalue weighted by molar-refractivity contribution is 6.20. The number of hydrogen-bond donors (Lipinski definition) is 0. The summed E-state index contributed by atoms with van der Waals surface area (Å²) in [4.78, 5) is 6.98. The van der Waals surface area contributed by atoms with Crippen LogP contribution in [0.5, 0.6) is 0 Å². The van der Waals surface area contributed by atoms with Gasteiger partial charge in [-0.15, -0.1) is 11.6 Å². The first-order valence-corrected chi connectivity index (χ1v) is 7.87. The van der Waals surface area contributed by atoms with Crippen molar-refractivity contribution in [3.05, 3.63) is 11.5 Å². The van der Waals surface area contributed by atoms with Crippen LogP contribution in [0.25, 0.3) is 11.2 Å². The van der Waals surface area contributed by atoms with Crippen molar-refractivity contribution in [2.75, 3.05) is 14.1 Å². The molecule has 0 N–H and O–H groups in total. The van der Waals surface area contributed by atoms with Crippen molar-refractivity contribution in [3.8, 4) is 0 Å². The van der Waals surface area contributed by atoms with E-state index in [0.717, 1.165) is 35.8 Å². The Balaban J connectivity index is 2.66. The van der Waals surface area contributed by atoms with Gasteiger partial charge in [-0.2, -0.15) is 5.10 Å². The second-order valence-corrected chi connectivity index (χ2v) is 7.11. The highest BCUT2D eigenvalue weighted by atomic mass is 35.5. The normalized spacial score (nSPS) is 14.3. The SMILES string of the molecule is CCn1nc(C)c2nc(C(C)Cl)n(CC(C)(C)N(C)C)c21. The van der Waals surface area contributed by atoms with Gasteiger partial charge in [0.25, 0.3) is 0 Å². The van der Waals surface area contributed by atoms with E-state index >= 15 is 0 Å². The van der Waals surface area contributed by atoms with Crippen molar-refractivity contribution in [2.24, 2.45) is 0 Å². The van der Waals surface area contributed by atoms with Gasteiger partial charge in [0.1, 0.15) is 11.3 Å². The fraction of sp³-hybridized carbons (Fsp3) is 0.733. The molecule has 6 heteroatoms. The number of rotatable bonds is 5. The first-order valence-electron chi connectivity index (χ1n) is 7.44. The zero-order valence-electron chi connectivity index (χ0n) is 14.1. The Labute approximate surface area is 131 Å². The van der Waals surface area contributed by atoms with Crippen LogP contribution in [0, 0.1) is 6.92 Å². The summed E-state index contributed by atoms with van der Waals surface area (Å²) in [7, 11) is 4.20. The molecule has 2 aromatic rings. The number of nitrogens with zero attached hydrogens (tertiary/aromatic N) is 5. The van der Waals surface area contributed by atoms with Gasteiger partial charge in [-0.25, -0.2) is 9.67 Å². The first-order chi connectivity index (χ1) is 9.69. The number of halogens is 1. The smallest absolute Gasteiger partial charge is 0.159 e. The van der Waals surface area contributed by atoms with E-state index in [2.05, 4.69) is 49.4 Å². The average molecular weight is 312 g/mol. The maximum Gasteiger partial charge on any atom is 0.159 e. The van der Waals surface area contributed by atoms with E-state index in [4.69, 9.17) is 16.6 Å². The minimum Gasteiger partial charge on any atom is -0.310 e. The first kappa shape index (κ1) is 16.3. The average Bonchev–Trinajstić information content (AvgIpc) is 2.88. The van der Waals surface area contributed by atoms with Gasteiger partial charge in [-0.1, -0.05) is 0 Å². The molecule has 2 aromatic heterocycles. The van der Waals surface area contributed by atoms with Gasteiger partial charge in [0.05, 0.1) is 11.1 Å². The number of alkyl halides is 1. The molecule has 5 nitrogen and oxygen atoms in total. The zero-order chi connectivity index (χ0) is 15.9. The predicted molar refractivity (Wildman–Crippen MR) is 88.0 cm³/mol. The van der Waals surface area contributed by atoms with Gasteiger partial charge in [0.15, 0.2) is 5.65 Å². The quantitative estimate of drug-likeness (QED) is 0.796. The third-order valence-electron chi connectivity index (χ3n) is 4.24. The summed E-state index contributed by atoms with van der Waals surface area (Å²) < 4.78 is 4.25. The number of hydrogen-bond acceptors (Lipinski definition) is 3. The van der Waals surface area contributed by atoms with E-state index in [1.807, 2.05) is 18.5 Å². The van der Waals surface area contributed by atoms with Crippen LogP contribution >= 0.6 is 11.6 Å². The summed E-state index contributed by atoms with van der Waals surface area (Å²) in [5.41, 5.74) is 3.01. The second kappa shape index (κ2) is 5.61. The third kappa shape index (κ3) is 2.81. The molecule has 1 unspecified atom stereocenters. The molecular formula is C15H26ClN5. The minimum atomic E-state index is -0.125.